The number of halogens is 1. The van der Waals surface area contributed by atoms with Crippen molar-refractivity contribution >= 4 is 34.6 Å². The molecule has 0 saturated heterocycles. The zero-order chi connectivity index (χ0) is 18.0. The Balaban J connectivity index is 2.05. The van der Waals surface area contributed by atoms with E-state index in [1.165, 1.54) is 0 Å². The number of benzene rings is 1. The minimum Gasteiger partial charge on any atom is -0.366 e. The van der Waals surface area contributed by atoms with Gasteiger partial charge >= 0.3 is 0 Å². The molecule has 2 aromatic heterocycles. The Morgan fingerprint density at radius 1 is 1.28 bits per heavy atom. The molecule has 6 nitrogen and oxygen atoms in total. The third kappa shape index (κ3) is 3.70. The van der Waals surface area contributed by atoms with Gasteiger partial charge < -0.3 is 15.6 Å². The quantitative estimate of drug-likeness (QED) is 0.688. The molecule has 1 amide bonds. The molecule has 0 aliphatic rings. The number of anilines is 2. The lowest BCUT2D eigenvalue weighted by molar-refractivity contribution is -0.112. The number of hydrogen-bond acceptors (Lipinski definition) is 4. The highest BCUT2D eigenvalue weighted by Gasteiger charge is 2.13. The molecule has 0 spiro atoms. The number of pyridine rings is 1. The fraction of sp³-hybridized carbons (Fsp3) is 0.0556. The zero-order valence-electron chi connectivity index (χ0n) is 13.5. The molecule has 2 heterocycles. The maximum Gasteiger partial charge on any atom is 0.248 e. The van der Waals surface area contributed by atoms with E-state index in [2.05, 4.69) is 21.9 Å². The van der Waals surface area contributed by atoms with Crippen molar-refractivity contribution in [1.82, 2.24) is 14.5 Å². The Hall–Kier alpha value is -3.12. The highest BCUT2D eigenvalue weighted by atomic mass is 35.5. The summed E-state index contributed by atoms with van der Waals surface area (Å²) in [5, 5.41) is 3.80. The van der Waals surface area contributed by atoms with E-state index < -0.39 is 5.91 Å². The maximum absolute atomic E-state index is 11.4. The average molecular weight is 354 g/mol. The van der Waals surface area contributed by atoms with E-state index in [1.54, 1.807) is 30.7 Å². The molecule has 0 radical (unpaired) electrons. The Labute approximate surface area is 150 Å². The number of aromatic nitrogens is 3. The molecule has 0 aliphatic carbocycles. The molecule has 7 heteroatoms. The van der Waals surface area contributed by atoms with Crippen LogP contribution in [0.4, 0.5) is 11.5 Å². The van der Waals surface area contributed by atoms with Gasteiger partial charge in [0.05, 0.1) is 17.0 Å². The second kappa shape index (κ2) is 6.78. The Morgan fingerprint density at radius 3 is 2.68 bits per heavy atom. The summed E-state index contributed by atoms with van der Waals surface area (Å²) in [6.07, 6.45) is 5.15. The fourth-order valence-electron chi connectivity index (χ4n) is 2.33. The van der Waals surface area contributed by atoms with Gasteiger partial charge in [0.25, 0.3) is 0 Å². The average Bonchev–Trinajstić information content (AvgIpc) is 3.03. The molecule has 0 saturated carbocycles. The van der Waals surface area contributed by atoms with Crippen molar-refractivity contribution in [3.63, 3.8) is 0 Å². The lowest BCUT2D eigenvalue weighted by atomic mass is 10.0. The zero-order valence-corrected chi connectivity index (χ0v) is 14.3. The van der Waals surface area contributed by atoms with Gasteiger partial charge in [0.2, 0.25) is 5.91 Å². The summed E-state index contributed by atoms with van der Waals surface area (Å²) >= 11 is 5.87. The van der Waals surface area contributed by atoms with Crippen LogP contribution in [0, 0.1) is 0 Å². The van der Waals surface area contributed by atoms with E-state index >= 15 is 0 Å². The molecular formula is C18H16ClN5O. The van der Waals surface area contributed by atoms with Crippen LogP contribution in [0.2, 0.25) is 5.02 Å². The monoisotopic (exact) mass is 353 g/mol. The smallest absolute Gasteiger partial charge is 0.248 e. The van der Waals surface area contributed by atoms with Gasteiger partial charge in [-0.1, -0.05) is 24.2 Å². The largest absolute Gasteiger partial charge is 0.366 e. The van der Waals surface area contributed by atoms with Crippen molar-refractivity contribution in [3.05, 3.63) is 66.2 Å². The molecule has 0 unspecified atom stereocenters. The molecular weight excluding hydrogens is 338 g/mol. The van der Waals surface area contributed by atoms with Crippen LogP contribution in [0.1, 0.15) is 5.56 Å². The van der Waals surface area contributed by atoms with Gasteiger partial charge in [-0.3, -0.25) is 4.79 Å². The van der Waals surface area contributed by atoms with Gasteiger partial charge in [-0.05, 0) is 29.8 Å². The summed E-state index contributed by atoms with van der Waals surface area (Å²) in [4.78, 5) is 20.0. The van der Waals surface area contributed by atoms with Gasteiger partial charge in [0.1, 0.15) is 5.82 Å². The molecule has 3 N–H and O–H groups in total. The van der Waals surface area contributed by atoms with Crippen LogP contribution in [-0.4, -0.2) is 20.4 Å². The van der Waals surface area contributed by atoms with Crippen molar-refractivity contribution < 1.29 is 4.79 Å². The lowest BCUT2D eigenvalue weighted by Gasteiger charge is -2.12. The van der Waals surface area contributed by atoms with E-state index in [9.17, 15) is 4.79 Å². The van der Waals surface area contributed by atoms with E-state index in [-0.39, 0.29) is 5.57 Å². The Morgan fingerprint density at radius 2 is 2.08 bits per heavy atom. The van der Waals surface area contributed by atoms with Gasteiger partial charge in [-0.2, -0.15) is 0 Å². The fourth-order valence-corrected chi connectivity index (χ4v) is 2.45. The van der Waals surface area contributed by atoms with Gasteiger partial charge in [0.15, 0.2) is 0 Å². The number of nitrogens with two attached hydrogens (primary N) is 1. The van der Waals surface area contributed by atoms with E-state index in [4.69, 9.17) is 17.3 Å². The number of nitrogens with zero attached hydrogens (tertiary/aromatic N) is 3. The number of imidazole rings is 1. The predicted octanol–water partition coefficient (Wildman–Crippen LogP) is 3.38. The number of carbonyl (C=O) groups is 1. The summed E-state index contributed by atoms with van der Waals surface area (Å²) < 4.78 is 1.84. The lowest BCUT2D eigenvalue weighted by Crippen LogP contribution is -2.12. The minimum atomic E-state index is -0.563. The molecule has 0 aliphatic heterocycles. The number of hydrogen-bond donors (Lipinski definition) is 2. The summed E-state index contributed by atoms with van der Waals surface area (Å²) in [5.74, 6) is 0.0788. The van der Waals surface area contributed by atoms with Crippen molar-refractivity contribution in [2.75, 3.05) is 5.32 Å². The first-order chi connectivity index (χ1) is 11.9. The number of rotatable bonds is 5. The summed E-state index contributed by atoms with van der Waals surface area (Å²) in [5.41, 5.74) is 8.56. The number of amides is 1. The minimum absolute atomic E-state index is 0.244. The van der Waals surface area contributed by atoms with Crippen molar-refractivity contribution in [3.8, 4) is 11.3 Å². The molecule has 0 bridgehead atoms. The first kappa shape index (κ1) is 16.7. The second-order valence-corrected chi connectivity index (χ2v) is 5.95. The summed E-state index contributed by atoms with van der Waals surface area (Å²) in [7, 11) is 1.89. The Bertz CT molecular complexity index is 946. The topological polar surface area (TPSA) is 85.8 Å². The molecule has 1 aromatic carbocycles. The third-order valence-electron chi connectivity index (χ3n) is 3.64. The third-order valence-corrected chi connectivity index (χ3v) is 3.86. The molecule has 0 atom stereocenters. The normalized spacial score (nSPS) is 10.5. The predicted molar refractivity (Wildman–Crippen MR) is 99.4 cm³/mol. The first-order valence-electron chi connectivity index (χ1n) is 7.44. The van der Waals surface area contributed by atoms with Crippen molar-refractivity contribution in [2.24, 2.45) is 12.8 Å². The van der Waals surface area contributed by atoms with Crippen LogP contribution < -0.4 is 11.1 Å². The number of aryl methyl sites for hydroxylation is 1. The maximum atomic E-state index is 11.4. The van der Waals surface area contributed by atoms with Crippen LogP contribution in [-0.2, 0) is 11.8 Å². The van der Waals surface area contributed by atoms with Crippen LogP contribution in [0.5, 0.6) is 0 Å². The first-order valence-corrected chi connectivity index (χ1v) is 7.82. The molecule has 3 aromatic rings. The molecule has 0 fully saturated rings. The van der Waals surface area contributed by atoms with Gasteiger partial charge in [-0.15, -0.1) is 0 Å². The van der Waals surface area contributed by atoms with Gasteiger partial charge in [0, 0.05) is 36.3 Å². The number of nitrogens with one attached hydrogen (secondary N) is 1. The van der Waals surface area contributed by atoms with Crippen LogP contribution >= 0.6 is 11.6 Å². The highest BCUT2D eigenvalue weighted by molar-refractivity contribution is 6.30. The summed E-state index contributed by atoms with van der Waals surface area (Å²) in [6.45, 7) is 3.74. The standard InChI is InChI=1S/C18H16ClN5O/c1-11(18(20)25)12-3-5-15(23-17-6-4-13(19)8-21-17)14(7-12)16-9-24(2)10-22-16/h3-10H,1H2,2H3,(H2,20,25)(H,21,23). The molecule has 25 heavy (non-hydrogen) atoms. The van der Waals surface area contributed by atoms with E-state index in [1.807, 2.05) is 29.9 Å². The molecule has 3 rings (SSSR count). The van der Waals surface area contributed by atoms with E-state index in [0.717, 1.165) is 16.9 Å². The van der Waals surface area contributed by atoms with Crippen LogP contribution in [0.25, 0.3) is 16.8 Å². The van der Waals surface area contributed by atoms with Crippen LogP contribution in [0.15, 0.2) is 55.6 Å². The SMILES string of the molecule is C=C(C(N)=O)c1ccc(Nc2ccc(Cl)cn2)c(-c2cn(C)cn2)c1. The van der Waals surface area contributed by atoms with Crippen molar-refractivity contribution in [2.45, 2.75) is 0 Å². The molecule has 126 valence electrons. The van der Waals surface area contributed by atoms with Crippen LogP contribution in [0.3, 0.4) is 0 Å². The Kier molecular flexibility index (Phi) is 4.54. The highest BCUT2D eigenvalue weighted by Crippen LogP contribution is 2.31. The van der Waals surface area contributed by atoms with E-state index in [0.29, 0.717) is 16.4 Å². The second-order valence-electron chi connectivity index (χ2n) is 5.51. The number of primary amides is 1. The number of carbonyl (C=O) groups excluding carboxylic acids is 1. The summed E-state index contributed by atoms with van der Waals surface area (Å²) in [6, 6.07) is 8.97. The van der Waals surface area contributed by atoms with Crippen molar-refractivity contribution in [1.29, 1.82) is 0 Å². The van der Waals surface area contributed by atoms with Gasteiger partial charge in [-0.25, -0.2) is 9.97 Å².